The number of aryl methyl sites for hydroxylation is 2. The van der Waals surface area contributed by atoms with Gasteiger partial charge in [0.05, 0.1) is 13.0 Å². The summed E-state index contributed by atoms with van der Waals surface area (Å²) in [6, 6.07) is 2.18. The van der Waals surface area contributed by atoms with Crippen molar-refractivity contribution in [3.05, 3.63) is 33.9 Å². The summed E-state index contributed by atoms with van der Waals surface area (Å²) in [5.74, 6) is 0.141. The highest BCUT2D eigenvalue weighted by molar-refractivity contribution is 5.80. The standard InChI is InChI=1S/C20H30N2O3/c1-6-25-20(24)22-9-7-8-21(10-11-22)19(23)13-18-16(4)14(2)12-15(3)17(18)5/h12H,6-11,13H2,1-5H3. The third kappa shape index (κ3) is 4.53. The number of hydrogen-bond acceptors (Lipinski definition) is 3. The second kappa shape index (κ2) is 8.37. The van der Waals surface area contributed by atoms with Gasteiger partial charge in [-0.15, -0.1) is 0 Å². The van der Waals surface area contributed by atoms with Crippen LogP contribution >= 0.6 is 0 Å². The number of benzene rings is 1. The van der Waals surface area contributed by atoms with Gasteiger partial charge in [0.25, 0.3) is 0 Å². The largest absolute Gasteiger partial charge is 0.450 e. The third-order valence-corrected chi connectivity index (χ3v) is 5.22. The summed E-state index contributed by atoms with van der Waals surface area (Å²) in [5, 5.41) is 0. The Morgan fingerprint density at radius 2 is 1.52 bits per heavy atom. The highest BCUT2D eigenvalue weighted by Crippen LogP contribution is 2.23. The van der Waals surface area contributed by atoms with Gasteiger partial charge in [0.1, 0.15) is 0 Å². The van der Waals surface area contributed by atoms with Gasteiger partial charge >= 0.3 is 6.09 Å². The van der Waals surface area contributed by atoms with Gasteiger partial charge in [-0.1, -0.05) is 6.07 Å². The van der Waals surface area contributed by atoms with Crippen molar-refractivity contribution < 1.29 is 14.3 Å². The zero-order valence-corrected chi connectivity index (χ0v) is 16.1. The van der Waals surface area contributed by atoms with Gasteiger partial charge < -0.3 is 14.5 Å². The molecule has 5 heteroatoms. The average Bonchev–Trinajstić information content (AvgIpc) is 2.83. The SMILES string of the molecule is CCOC(=O)N1CCCN(C(=O)Cc2c(C)c(C)cc(C)c2C)CC1. The molecule has 0 aliphatic carbocycles. The minimum Gasteiger partial charge on any atom is -0.450 e. The molecule has 0 atom stereocenters. The van der Waals surface area contributed by atoms with Crippen molar-refractivity contribution in [3.8, 4) is 0 Å². The quantitative estimate of drug-likeness (QED) is 0.845. The first-order valence-electron chi connectivity index (χ1n) is 9.10. The lowest BCUT2D eigenvalue weighted by atomic mass is 9.92. The van der Waals surface area contributed by atoms with E-state index in [1.165, 1.54) is 22.3 Å². The van der Waals surface area contributed by atoms with Gasteiger partial charge in [0.2, 0.25) is 5.91 Å². The van der Waals surface area contributed by atoms with E-state index in [2.05, 4.69) is 33.8 Å². The highest BCUT2D eigenvalue weighted by atomic mass is 16.6. The van der Waals surface area contributed by atoms with Crippen molar-refractivity contribution in [2.24, 2.45) is 0 Å². The summed E-state index contributed by atoms with van der Waals surface area (Å²) in [6.07, 6.45) is 0.937. The molecule has 2 amide bonds. The molecule has 1 aliphatic rings. The van der Waals surface area contributed by atoms with Gasteiger partial charge in [-0.05, 0) is 68.9 Å². The molecule has 138 valence electrons. The first-order chi connectivity index (χ1) is 11.8. The van der Waals surface area contributed by atoms with Crippen LogP contribution in [0.3, 0.4) is 0 Å². The summed E-state index contributed by atoms with van der Waals surface area (Å²) in [5.41, 5.74) is 6.03. The molecule has 0 radical (unpaired) electrons. The first-order valence-corrected chi connectivity index (χ1v) is 9.10. The van der Waals surface area contributed by atoms with Gasteiger partial charge in [-0.25, -0.2) is 4.79 Å². The molecule has 25 heavy (non-hydrogen) atoms. The molecule has 0 N–H and O–H groups in total. The number of ether oxygens (including phenoxy) is 1. The Balaban J connectivity index is 2.06. The lowest BCUT2D eigenvalue weighted by molar-refractivity contribution is -0.130. The fourth-order valence-electron chi connectivity index (χ4n) is 3.39. The molecule has 1 aliphatic heterocycles. The van der Waals surface area contributed by atoms with E-state index in [-0.39, 0.29) is 12.0 Å². The average molecular weight is 346 g/mol. The van der Waals surface area contributed by atoms with E-state index in [1.54, 1.807) is 11.8 Å². The number of hydrogen-bond donors (Lipinski definition) is 0. The Hall–Kier alpha value is -2.04. The summed E-state index contributed by atoms with van der Waals surface area (Å²) >= 11 is 0. The molecule has 0 aromatic heterocycles. The molecular weight excluding hydrogens is 316 g/mol. The minimum absolute atomic E-state index is 0.141. The van der Waals surface area contributed by atoms with E-state index in [4.69, 9.17) is 4.74 Å². The monoisotopic (exact) mass is 346 g/mol. The summed E-state index contributed by atoms with van der Waals surface area (Å²) < 4.78 is 5.07. The van der Waals surface area contributed by atoms with Crippen LogP contribution in [0.25, 0.3) is 0 Å². The molecule has 1 saturated heterocycles. The van der Waals surface area contributed by atoms with Crippen LogP contribution in [-0.2, 0) is 16.0 Å². The van der Waals surface area contributed by atoms with Crippen LogP contribution < -0.4 is 0 Å². The van der Waals surface area contributed by atoms with Crippen molar-refractivity contribution >= 4 is 12.0 Å². The normalized spacial score (nSPS) is 15.1. The van der Waals surface area contributed by atoms with Crippen LogP contribution in [0, 0.1) is 27.7 Å². The van der Waals surface area contributed by atoms with Crippen LogP contribution in [0.4, 0.5) is 4.79 Å². The van der Waals surface area contributed by atoms with E-state index < -0.39 is 0 Å². The number of nitrogens with zero attached hydrogens (tertiary/aromatic N) is 2. The molecule has 1 aromatic carbocycles. The second-order valence-electron chi connectivity index (χ2n) is 6.84. The van der Waals surface area contributed by atoms with Gasteiger partial charge in [-0.2, -0.15) is 0 Å². The predicted molar refractivity (Wildman–Crippen MR) is 98.9 cm³/mol. The van der Waals surface area contributed by atoms with Crippen LogP contribution in [0.2, 0.25) is 0 Å². The Labute approximate surface area is 150 Å². The molecule has 1 heterocycles. The number of rotatable bonds is 3. The van der Waals surface area contributed by atoms with Crippen molar-refractivity contribution in [1.29, 1.82) is 0 Å². The number of amides is 2. The molecule has 0 saturated carbocycles. The van der Waals surface area contributed by atoms with Crippen molar-refractivity contribution in [2.45, 2.75) is 47.5 Å². The van der Waals surface area contributed by atoms with Crippen LogP contribution in [0.1, 0.15) is 41.2 Å². The maximum atomic E-state index is 12.8. The third-order valence-electron chi connectivity index (χ3n) is 5.22. The van der Waals surface area contributed by atoms with Crippen LogP contribution in [0.15, 0.2) is 6.07 Å². The predicted octanol–water partition coefficient (Wildman–Crippen LogP) is 3.15. The minimum atomic E-state index is -0.280. The molecule has 1 fully saturated rings. The number of carbonyl (C=O) groups is 2. The second-order valence-corrected chi connectivity index (χ2v) is 6.84. The first kappa shape index (κ1) is 19.3. The molecule has 0 bridgehead atoms. The van der Waals surface area contributed by atoms with E-state index in [9.17, 15) is 9.59 Å². The lowest BCUT2D eigenvalue weighted by Gasteiger charge is -2.23. The summed E-state index contributed by atoms with van der Waals surface area (Å²) in [7, 11) is 0. The maximum Gasteiger partial charge on any atom is 0.409 e. The van der Waals surface area contributed by atoms with Crippen molar-refractivity contribution in [2.75, 3.05) is 32.8 Å². The number of carbonyl (C=O) groups excluding carboxylic acids is 2. The maximum absolute atomic E-state index is 12.8. The Morgan fingerprint density at radius 3 is 2.12 bits per heavy atom. The fraction of sp³-hybridized carbons (Fsp3) is 0.600. The molecule has 1 aromatic rings. The molecule has 0 spiro atoms. The Kier molecular flexibility index (Phi) is 6.45. The van der Waals surface area contributed by atoms with Crippen LogP contribution in [0.5, 0.6) is 0 Å². The summed E-state index contributed by atoms with van der Waals surface area (Å²) in [6.45, 7) is 13.0. The fourth-order valence-corrected chi connectivity index (χ4v) is 3.39. The molecular formula is C20H30N2O3. The topological polar surface area (TPSA) is 49.9 Å². The Morgan fingerprint density at radius 1 is 0.960 bits per heavy atom. The van der Waals surface area contributed by atoms with Crippen molar-refractivity contribution in [3.63, 3.8) is 0 Å². The molecule has 2 rings (SSSR count). The van der Waals surface area contributed by atoms with E-state index in [0.29, 0.717) is 39.2 Å². The highest BCUT2D eigenvalue weighted by Gasteiger charge is 2.23. The molecule has 5 nitrogen and oxygen atoms in total. The van der Waals surface area contributed by atoms with Gasteiger partial charge in [0.15, 0.2) is 0 Å². The summed E-state index contributed by atoms with van der Waals surface area (Å²) in [4.78, 5) is 28.3. The molecule has 0 unspecified atom stereocenters. The lowest BCUT2D eigenvalue weighted by Crippen LogP contribution is -2.38. The smallest absolute Gasteiger partial charge is 0.409 e. The Bertz CT molecular complexity index is 629. The van der Waals surface area contributed by atoms with Gasteiger partial charge in [-0.3, -0.25) is 4.79 Å². The zero-order valence-electron chi connectivity index (χ0n) is 16.1. The zero-order chi connectivity index (χ0) is 18.6. The van der Waals surface area contributed by atoms with E-state index >= 15 is 0 Å². The van der Waals surface area contributed by atoms with Gasteiger partial charge in [0, 0.05) is 26.2 Å². The van der Waals surface area contributed by atoms with E-state index in [1.807, 2.05) is 4.90 Å². The van der Waals surface area contributed by atoms with Crippen molar-refractivity contribution in [1.82, 2.24) is 9.80 Å². The van der Waals surface area contributed by atoms with E-state index in [0.717, 1.165) is 12.0 Å². The van der Waals surface area contributed by atoms with Crippen LogP contribution in [-0.4, -0.2) is 54.6 Å².